The minimum atomic E-state index is 0.0258. The molecule has 0 fully saturated rings. The maximum Gasteiger partial charge on any atom is 0.125 e. The molecule has 2 heterocycles. The quantitative estimate of drug-likeness (QED) is 0.775. The summed E-state index contributed by atoms with van der Waals surface area (Å²) in [6, 6.07) is 14.1. The van der Waals surface area contributed by atoms with Crippen LogP contribution in [-0.4, -0.2) is 9.59 Å². The number of nitrogens with zero attached hydrogens (tertiary/aromatic N) is 2. The summed E-state index contributed by atoms with van der Waals surface area (Å²) in [7, 11) is 0. The summed E-state index contributed by atoms with van der Waals surface area (Å²) in [6.45, 7) is 0.663. The van der Waals surface area contributed by atoms with Crippen LogP contribution < -0.4 is 5.32 Å². The number of aromatic nitrogens is 2. The van der Waals surface area contributed by atoms with Crippen molar-refractivity contribution in [1.29, 1.82) is 0 Å². The number of furan rings is 1. The van der Waals surface area contributed by atoms with Gasteiger partial charge in [0.05, 0.1) is 18.0 Å². The zero-order chi connectivity index (χ0) is 12.9. The highest BCUT2D eigenvalue weighted by molar-refractivity contribution is 7.03. The monoisotopic (exact) mass is 271 g/mol. The summed E-state index contributed by atoms with van der Waals surface area (Å²) >= 11 is 1.36. The first-order valence-corrected chi connectivity index (χ1v) is 6.85. The number of rotatable bonds is 5. The molecule has 0 aliphatic carbocycles. The van der Waals surface area contributed by atoms with Crippen LogP contribution in [0.5, 0.6) is 0 Å². The average Bonchev–Trinajstić information content (AvgIpc) is 3.13. The first-order chi connectivity index (χ1) is 9.43. The third-order valence-corrected chi connectivity index (χ3v) is 3.41. The molecule has 0 amide bonds. The highest BCUT2D eigenvalue weighted by atomic mass is 32.1. The summed E-state index contributed by atoms with van der Waals surface area (Å²) in [4.78, 5) is 0. The molecule has 0 spiro atoms. The first-order valence-electron chi connectivity index (χ1n) is 6.01. The third-order valence-electron chi connectivity index (χ3n) is 2.85. The Kier molecular flexibility index (Phi) is 3.67. The van der Waals surface area contributed by atoms with Gasteiger partial charge in [-0.25, -0.2) is 0 Å². The van der Waals surface area contributed by atoms with Gasteiger partial charge in [0.2, 0.25) is 0 Å². The van der Waals surface area contributed by atoms with Crippen molar-refractivity contribution < 1.29 is 4.42 Å². The fraction of sp³-hybridized carbons (Fsp3) is 0.143. The molecular formula is C14H13N3OS. The standard InChI is InChI=1S/C14H13N3OS/c1-2-5-11(6-3-1)14(13-7-4-8-18-13)15-9-12-10-19-17-16-12/h1-8,10,14-15H,9H2. The van der Waals surface area contributed by atoms with Crippen LogP contribution in [0.15, 0.2) is 58.5 Å². The van der Waals surface area contributed by atoms with E-state index < -0.39 is 0 Å². The second kappa shape index (κ2) is 5.77. The zero-order valence-corrected chi connectivity index (χ0v) is 11.0. The van der Waals surface area contributed by atoms with Gasteiger partial charge in [-0.2, -0.15) is 0 Å². The van der Waals surface area contributed by atoms with Gasteiger partial charge < -0.3 is 4.42 Å². The van der Waals surface area contributed by atoms with Crippen LogP contribution in [0.1, 0.15) is 23.1 Å². The predicted octanol–water partition coefficient (Wildman–Crippen LogP) is 3.01. The molecule has 96 valence electrons. The number of hydrogen-bond acceptors (Lipinski definition) is 5. The van der Waals surface area contributed by atoms with Gasteiger partial charge >= 0.3 is 0 Å². The molecule has 1 unspecified atom stereocenters. The fourth-order valence-corrected chi connectivity index (χ4v) is 2.40. The van der Waals surface area contributed by atoms with Gasteiger partial charge in [-0.3, -0.25) is 5.32 Å². The van der Waals surface area contributed by atoms with Crippen LogP contribution in [0.4, 0.5) is 0 Å². The van der Waals surface area contributed by atoms with E-state index in [1.54, 1.807) is 6.26 Å². The third kappa shape index (κ3) is 2.89. The van der Waals surface area contributed by atoms with Crippen molar-refractivity contribution in [3.8, 4) is 0 Å². The molecule has 19 heavy (non-hydrogen) atoms. The lowest BCUT2D eigenvalue weighted by atomic mass is 10.0. The molecule has 0 radical (unpaired) electrons. The molecule has 1 atom stereocenters. The smallest absolute Gasteiger partial charge is 0.125 e. The molecular weight excluding hydrogens is 258 g/mol. The van der Waals surface area contributed by atoms with Crippen molar-refractivity contribution in [3.63, 3.8) is 0 Å². The normalized spacial score (nSPS) is 12.4. The fourth-order valence-electron chi connectivity index (χ4n) is 1.95. The Morgan fingerprint density at radius 2 is 2.05 bits per heavy atom. The molecule has 0 bridgehead atoms. The second-order valence-corrected chi connectivity index (χ2v) is 4.75. The summed E-state index contributed by atoms with van der Waals surface area (Å²) < 4.78 is 9.39. The van der Waals surface area contributed by atoms with E-state index >= 15 is 0 Å². The minimum Gasteiger partial charge on any atom is -0.467 e. The van der Waals surface area contributed by atoms with Crippen molar-refractivity contribution in [3.05, 3.63) is 71.1 Å². The summed E-state index contributed by atoms with van der Waals surface area (Å²) in [6.07, 6.45) is 1.69. The Labute approximate surface area is 115 Å². The van der Waals surface area contributed by atoms with Gasteiger partial charge in [-0.05, 0) is 29.2 Å². The second-order valence-electron chi connectivity index (χ2n) is 4.14. The SMILES string of the molecule is c1ccc(C(NCc2csnn2)c2ccco2)cc1. The molecule has 2 aromatic heterocycles. The van der Waals surface area contributed by atoms with Crippen LogP contribution in [0.2, 0.25) is 0 Å². The highest BCUT2D eigenvalue weighted by Crippen LogP contribution is 2.22. The van der Waals surface area contributed by atoms with Gasteiger partial charge in [0.25, 0.3) is 0 Å². The summed E-state index contributed by atoms with van der Waals surface area (Å²) in [5.74, 6) is 0.898. The number of benzene rings is 1. The van der Waals surface area contributed by atoms with Gasteiger partial charge in [-0.15, -0.1) is 5.10 Å². The van der Waals surface area contributed by atoms with Crippen LogP contribution >= 0.6 is 11.5 Å². The van der Waals surface area contributed by atoms with Crippen molar-refractivity contribution in [2.75, 3.05) is 0 Å². The van der Waals surface area contributed by atoms with E-state index in [0.717, 1.165) is 11.5 Å². The van der Waals surface area contributed by atoms with Crippen molar-refractivity contribution >= 4 is 11.5 Å². The molecule has 0 aliphatic heterocycles. The van der Waals surface area contributed by atoms with E-state index in [9.17, 15) is 0 Å². The lowest BCUT2D eigenvalue weighted by Crippen LogP contribution is -2.21. The molecule has 0 saturated carbocycles. The summed E-state index contributed by atoms with van der Waals surface area (Å²) in [5.41, 5.74) is 2.11. The van der Waals surface area contributed by atoms with Gasteiger partial charge in [0.15, 0.2) is 0 Å². The highest BCUT2D eigenvalue weighted by Gasteiger charge is 2.16. The topological polar surface area (TPSA) is 51.0 Å². The van der Waals surface area contributed by atoms with Gasteiger partial charge in [0.1, 0.15) is 5.76 Å². The van der Waals surface area contributed by atoms with E-state index in [4.69, 9.17) is 4.42 Å². The Morgan fingerprint density at radius 1 is 1.16 bits per heavy atom. The minimum absolute atomic E-state index is 0.0258. The summed E-state index contributed by atoms with van der Waals surface area (Å²) in [5, 5.41) is 9.43. The lowest BCUT2D eigenvalue weighted by Gasteiger charge is -2.16. The molecule has 0 aliphatic rings. The number of hydrogen-bond donors (Lipinski definition) is 1. The maximum absolute atomic E-state index is 5.52. The molecule has 4 nitrogen and oxygen atoms in total. The zero-order valence-electron chi connectivity index (χ0n) is 10.2. The van der Waals surface area contributed by atoms with Crippen molar-refractivity contribution in [2.24, 2.45) is 0 Å². The van der Waals surface area contributed by atoms with E-state index in [-0.39, 0.29) is 6.04 Å². The van der Waals surface area contributed by atoms with Crippen LogP contribution in [0.3, 0.4) is 0 Å². The first kappa shape index (κ1) is 12.1. The van der Waals surface area contributed by atoms with Gasteiger partial charge in [0, 0.05) is 11.9 Å². The van der Waals surface area contributed by atoms with Crippen LogP contribution in [0, 0.1) is 0 Å². The van der Waals surface area contributed by atoms with Crippen LogP contribution in [0.25, 0.3) is 0 Å². The molecule has 0 saturated heterocycles. The van der Waals surface area contributed by atoms with E-state index in [0.29, 0.717) is 6.54 Å². The Hall–Kier alpha value is -1.98. The largest absolute Gasteiger partial charge is 0.467 e. The van der Waals surface area contributed by atoms with Crippen molar-refractivity contribution in [1.82, 2.24) is 14.9 Å². The molecule has 3 aromatic rings. The molecule has 3 rings (SSSR count). The van der Waals surface area contributed by atoms with Gasteiger partial charge in [-0.1, -0.05) is 34.8 Å². The Bertz CT molecular complexity index is 593. The Morgan fingerprint density at radius 3 is 2.74 bits per heavy atom. The molecule has 1 aromatic carbocycles. The predicted molar refractivity (Wildman–Crippen MR) is 73.7 cm³/mol. The number of nitrogens with one attached hydrogen (secondary N) is 1. The molecule has 5 heteroatoms. The molecule has 1 N–H and O–H groups in total. The Balaban J connectivity index is 1.81. The van der Waals surface area contributed by atoms with E-state index in [2.05, 4.69) is 27.0 Å². The maximum atomic E-state index is 5.52. The van der Waals surface area contributed by atoms with Crippen LogP contribution in [-0.2, 0) is 6.54 Å². The van der Waals surface area contributed by atoms with Crippen molar-refractivity contribution in [2.45, 2.75) is 12.6 Å². The van der Waals surface area contributed by atoms with E-state index in [1.807, 2.05) is 35.7 Å². The average molecular weight is 271 g/mol. The van der Waals surface area contributed by atoms with E-state index in [1.165, 1.54) is 17.1 Å². The lowest BCUT2D eigenvalue weighted by molar-refractivity contribution is 0.444.